The van der Waals surface area contributed by atoms with Gasteiger partial charge < -0.3 is 19.6 Å². The number of likely N-dealkylation sites (tertiary alicyclic amines) is 2. The molecule has 232 valence electrons. The second-order valence-electron chi connectivity index (χ2n) is 13.5. The zero-order valence-corrected chi connectivity index (χ0v) is 26.2. The van der Waals surface area contributed by atoms with Gasteiger partial charge in [0.05, 0.1) is 16.6 Å². The summed E-state index contributed by atoms with van der Waals surface area (Å²) in [6.07, 6.45) is 1.92. The SMILES string of the molecule is Cc1nc(C)c(C(=O)N2CC(C(=O)NNC(O)Cc3cccc(C4CCOCC4)n3)C3(C2)CN(C(=O)[C@H]2CC2(C)C)C3)s1. The van der Waals surface area contributed by atoms with E-state index in [1.165, 1.54) is 11.3 Å². The number of carbonyl (C=O) groups is 3. The number of hydrogen-bond acceptors (Lipinski definition) is 9. The highest BCUT2D eigenvalue weighted by Gasteiger charge is 2.62. The third-order valence-electron chi connectivity index (χ3n) is 9.72. The summed E-state index contributed by atoms with van der Waals surface area (Å²) in [7, 11) is 0. The highest BCUT2D eigenvalue weighted by molar-refractivity contribution is 7.13. The molecule has 6 rings (SSSR count). The minimum Gasteiger partial charge on any atom is -0.381 e. The minimum atomic E-state index is -1.05. The van der Waals surface area contributed by atoms with Gasteiger partial charge in [0.2, 0.25) is 11.8 Å². The van der Waals surface area contributed by atoms with Gasteiger partial charge in [-0.05, 0) is 50.7 Å². The molecule has 2 aromatic heterocycles. The summed E-state index contributed by atoms with van der Waals surface area (Å²) >= 11 is 1.36. The molecule has 3 N–H and O–H groups in total. The quantitative estimate of drug-likeness (QED) is 0.306. The van der Waals surface area contributed by atoms with Gasteiger partial charge >= 0.3 is 0 Å². The molecule has 1 aliphatic carbocycles. The maximum Gasteiger partial charge on any atom is 0.265 e. The van der Waals surface area contributed by atoms with E-state index < -0.39 is 17.6 Å². The van der Waals surface area contributed by atoms with Crippen LogP contribution in [-0.2, 0) is 20.7 Å². The molecule has 0 radical (unpaired) electrons. The molecule has 2 aromatic rings. The fourth-order valence-corrected chi connectivity index (χ4v) is 7.87. The molecule has 1 spiro atoms. The maximum absolute atomic E-state index is 13.6. The van der Waals surface area contributed by atoms with Crippen LogP contribution in [0.5, 0.6) is 0 Å². The smallest absolute Gasteiger partial charge is 0.265 e. The Balaban J connectivity index is 1.10. The number of aryl methyl sites for hydroxylation is 2. The molecule has 3 saturated heterocycles. The number of rotatable bonds is 8. The van der Waals surface area contributed by atoms with Crippen LogP contribution in [0.4, 0.5) is 0 Å². The molecule has 4 fully saturated rings. The Morgan fingerprint density at radius 2 is 1.79 bits per heavy atom. The van der Waals surface area contributed by atoms with Crippen LogP contribution in [0.15, 0.2) is 18.2 Å². The normalized spacial score (nSPS) is 25.0. The van der Waals surface area contributed by atoms with Crippen LogP contribution in [-0.4, -0.2) is 88.2 Å². The van der Waals surface area contributed by atoms with E-state index in [-0.39, 0.29) is 42.0 Å². The predicted octanol–water partition coefficient (Wildman–Crippen LogP) is 2.18. The lowest BCUT2D eigenvalue weighted by Crippen LogP contribution is -2.65. The van der Waals surface area contributed by atoms with E-state index in [1.54, 1.807) is 4.90 Å². The molecule has 3 atom stereocenters. The van der Waals surface area contributed by atoms with E-state index in [0.29, 0.717) is 36.1 Å². The molecular weight excluding hydrogens is 568 g/mol. The standard InChI is InChI=1S/C31H42N6O5S/c1-18-26(43-19(2)32-18)29(41)36-14-23(31(15-36)16-37(17-31)28(40)22-13-30(22,3)4)27(39)35-34-25(38)12-21-6-5-7-24(33-21)20-8-10-42-11-9-20/h5-7,20,22-23,25,34,38H,8-17H2,1-4H3,(H,35,39)/t22-,23?,25?/m1/s1. The van der Waals surface area contributed by atoms with Crippen molar-refractivity contribution in [3.05, 3.63) is 45.2 Å². The Morgan fingerprint density at radius 3 is 2.44 bits per heavy atom. The van der Waals surface area contributed by atoms with Crippen molar-refractivity contribution < 1.29 is 24.2 Å². The lowest BCUT2D eigenvalue weighted by molar-refractivity contribution is -0.152. The van der Waals surface area contributed by atoms with Crippen molar-refractivity contribution >= 4 is 29.1 Å². The summed E-state index contributed by atoms with van der Waals surface area (Å²) < 4.78 is 5.47. The monoisotopic (exact) mass is 610 g/mol. The summed E-state index contributed by atoms with van der Waals surface area (Å²) in [4.78, 5) is 53.6. The summed E-state index contributed by atoms with van der Waals surface area (Å²) in [6, 6.07) is 5.83. The second-order valence-corrected chi connectivity index (χ2v) is 14.7. The fourth-order valence-electron chi connectivity index (χ4n) is 6.98. The Hall–Kier alpha value is -2.93. The number of hydrogen-bond donors (Lipinski definition) is 3. The van der Waals surface area contributed by atoms with Gasteiger partial charge in [-0.2, -0.15) is 0 Å². The van der Waals surface area contributed by atoms with E-state index in [0.717, 1.165) is 48.9 Å². The first-order chi connectivity index (χ1) is 20.5. The van der Waals surface area contributed by atoms with Crippen molar-refractivity contribution in [2.75, 3.05) is 39.4 Å². The van der Waals surface area contributed by atoms with Gasteiger partial charge in [0.15, 0.2) is 0 Å². The molecule has 11 nitrogen and oxygen atoms in total. The van der Waals surface area contributed by atoms with E-state index in [4.69, 9.17) is 9.72 Å². The second kappa shape index (κ2) is 11.5. The van der Waals surface area contributed by atoms with Gasteiger partial charge in [-0.3, -0.25) is 24.8 Å². The van der Waals surface area contributed by atoms with Gasteiger partial charge in [0, 0.05) is 74.5 Å². The van der Waals surface area contributed by atoms with Crippen LogP contribution < -0.4 is 10.9 Å². The molecule has 2 unspecified atom stereocenters. The zero-order valence-electron chi connectivity index (χ0n) is 25.4. The van der Waals surface area contributed by atoms with Crippen molar-refractivity contribution in [1.82, 2.24) is 30.6 Å². The first-order valence-corrected chi connectivity index (χ1v) is 16.1. The number of amides is 3. The third-order valence-corrected chi connectivity index (χ3v) is 10.8. The number of thiazole rings is 1. The number of nitrogens with zero attached hydrogens (tertiary/aromatic N) is 4. The minimum absolute atomic E-state index is 0.0226. The lowest BCUT2D eigenvalue weighted by atomic mass is 9.71. The van der Waals surface area contributed by atoms with Crippen molar-refractivity contribution in [3.63, 3.8) is 0 Å². The maximum atomic E-state index is 13.6. The number of aromatic nitrogens is 2. The molecule has 0 bridgehead atoms. The van der Waals surface area contributed by atoms with Crippen LogP contribution in [0.2, 0.25) is 0 Å². The number of nitrogens with one attached hydrogen (secondary N) is 2. The number of hydrazine groups is 1. The number of carbonyl (C=O) groups excluding carboxylic acids is 3. The van der Waals surface area contributed by atoms with Gasteiger partial charge in [-0.15, -0.1) is 11.3 Å². The molecule has 12 heteroatoms. The van der Waals surface area contributed by atoms with Crippen LogP contribution in [0.3, 0.4) is 0 Å². The molecule has 3 amide bonds. The number of aliphatic hydroxyl groups excluding tert-OH is 1. The van der Waals surface area contributed by atoms with Gasteiger partial charge in [-0.25, -0.2) is 10.4 Å². The number of pyridine rings is 1. The van der Waals surface area contributed by atoms with Crippen LogP contribution in [0.1, 0.15) is 70.8 Å². The summed E-state index contributed by atoms with van der Waals surface area (Å²) in [5.74, 6) is -0.451. The van der Waals surface area contributed by atoms with Crippen molar-refractivity contribution in [2.24, 2.45) is 22.7 Å². The van der Waals surface area contributed by atoms with Gasteiger partial charge in [-0.1, -0.05) is 19.9 Å². The molecule has 5 heterocycles. The van der Waals surface area contributed by atoms with Gasteiger partial charge in [0.25, 0.3) is 5.91 Å². The average molecular weight is 611 g/mol. The lowest BCUT2D eigenvalue weighted by Gasteiger charge is -2.50. The first-order valence-electron chi connectivity index (χ1n) is 15.2. The fraction of sp³-hybridized carbons (Fsp3) is 0.645. The molecule has 43 heavy (non-hydrogen) atoms. The Labute approximate surface area is 256 Å². The van der Waals surface area contributed by atoms with Crippen molar-refractivity contribution in [2.45, 2.75) is 65.5 Å². The highest BCUT2D eigenvalue weighted by Crippen LogP contribution is 2.54. The van der Waals surface area contributed by atoms with Crippen molar-refractivity contribution in [1.29, 1.82) is 0 Å². The Bertz CT molecular complexity index is 1400. The Kier molecular flexibility index (Phi) is 8.08. The zero-order chi connectivity index (χ0) is 30.5. The van der Waals surface area contributed by atoms with Gasteiger partial charge in [0.1, 0.15) is 11.1 Å². The van der Waals surface area contributed by atoms with E-state index >= 15 is 0 Å². The van der Waals surface area contributed by atoms with Crippen LogP contribution in [0, 0.1) is 36.5 Å². The average Bonchev–Trinajstić information content (AvgIpc) is 3.26. The number of aliphatic hydroxyl groups is 1. The van der Waals surface area contributed by atoms with E-state index in [1.807, 2.05) is 36.9 Å². The molecule has 0 aromatic carbocycles. The topological polar surface area (TPSA) is 137 Å². The largest absolute Gasteiger partial charge is 0.381 e. The summed E-state index contributed by atoms with van der Waals surface area (Å²) in [5, 5.41) is 11.6. The van der Waals surface area contributed by atoms with E-state index in [2.05, 4.69) is 29.7 Å². The molecule has 3 aliphatic heterocycles. The molecular formula is C31H42N6O5S. The Morgan fingerprint density at radius 1 is 1.09 bits per heavy atom. The van der Waals surface area contributed by atoms with Crippen LogP contribution >= 0.6 is 11.3 Å². The summed E-state index contributed by atoms with van der Waals surface area (Å²) in [6.45, 7) is 10.9. The summed E-state index contributed by atoms with van der Waals surface area (Å²) in [5.41, 5.74) is 7.39. The van der Waals surface area contributed by atoms with Crippen molar-refractivity contribution in [3.8, 4) is 0 Å². The molecule has 4 aliphatic rings. The van der Waals surface area contributed by atoms with E-state index in [9.17, 15) is 19.5 Å². The third kappa shape index (κ3) is 6.07. The highest BCUT2D eigenvalue weighted by atomic mass is 32.1. The predicted molar refractivity (Wildman–Crippen MR) is 160 cm³/mol. The number of ether oxygens (including phenoxy) is 1. The first kappa shape index (κ1) is 30.1. The van der Waals surface area contributed by atoms with Crippen LogP contribution in [0.25, 0.3) is 0 Å². The molecule has 1 saturated carbocycles.